The summed E-state index contributed by atoms with van der Waals surface area (Å²) in [5.74, 6) is -0.0877. The summed E-state index contributed by atoms with van der Waals surface area (Å²) in [4.78, 5) is 24.5. The smallest absolute Gasteiger partial charge is 0.278 e. The van der Waals surface area contributed by atoms with Gasteiger partial charge in [-0.3, -0.25) is 24.8 Å². The van der Waals surface area contributed by atoms with Crippen molar-refractivity contribution in [2.24, 2.45) is 11.1 Å². The van der Waals surface area contributed by atoms with Crippen molar-refractivity contribution in [2.75, 3.05) is 50.7 Å². The number of piperazine rings is 1. The number of hydrogen-bond acceptors (Lipinski definition) is 8. The van der Waals surface area contributed by atoms with Gasteiger partial charge in [-0.2, -0.15) is 0 Å². The Balaban J connectivity index is 1.04. The Hall–Kier alpha value is -4.09. The molecule has 258 valence electrons. The maximum Gasteiger partial charge on any atom is 0.278 e. The lowest BCUT2D eigenvalue weighted by atomic mass is 9.59. The number of carbonyl (C=O) groups is 1. The molecule has 4 N–H and O–H groups in total. The lowest BCUT2D eigenvalue weighted by Crippen LogP contribution is -2.60. The number of amides is 1. The van der Waals surface area contributed by atoms with E-state index in [0.29, 0.717) is 46.8 Å². The van der Waals surface area contributed by atoms with Gasteiger partial charge in [-0.15, -0.1) is 0 Å². The van der Waals surface area contributed by atoms with Crippen molar-refractivity contribution in [2.45, 2.75) is 57.5 Å². The lowest BCUT2D eigenvalue weighted by molar-refractivity contribution is -0.0612. The van der Waals surface area contributed by atoms with Gasteiger partial charge in [0.05, 0.1) is 17.5 Å². The predicted molar refractivity (Wildman–Crippen MR) is 190 cm³/mol. The molecule has 3 fully saturated rings. The zero-order valence-electron chi connectivity index (χ0n) is 28.5. The van der Waals surface area contributed by atoms with Crippen LogP contribution in [0, 0.1) is 5.41 Å². The van der Waals surface area contributed by atoms with Crippen LogP contribution >= 0.6 is 0 Å². The third kappa shape index (κ3) is 6.50. The fourth-order valence-electron chi connectivity index (χ4n) is 8.52. The maximum atomic E-state index is 14.5. The number of anilines is 1. The number of pyridine rings is 1. The molecule has 0 unspecified atom stereocenters. The molecule has 2 saturated heterocycles. The fourth-order valence-corrected chi connectivity index (χ4v) is 8.52. The molecule has 0 radical (unpaired) electrons. The summed E-state index contributed by atoms with van der Waals surface area (Å²) in [5.41, 5.74) is 13.3. The first kappa shape index (κ1) is 33.4. The molecule has 0 bridgehead atoms. The largest absolute Gasteiger partial charge is 0.455 e. The van der Waals surface area contributed by atoms with Crippen molar-refractivity contribution >= 4 is 23.0 Å². The predicted octanol–water partition coefficient (Wildman–Crippen LogP) is 6.52. The first-order chi connectivity index (χ1) is 23.7. The summed E-state index contributed by atoms with van der Waals surface area (Å²) in [5, 5.41) is 9.39. The number of hydroxylamine groups is 1. The molecule has 10 heteroatoms. The van der Waals surface area contributed by atoms with Crippen LogP contribution in [-0.2, 0) is 0 Å². The zero-order valence-corrected chi connectivity index (χ0v) is 28.5. The van der Waals surface area contributed by atoms with E-state index in [9.17, 15) is 14.4 Å². The van der Waals surface area contributed by atoms with Gasteiger partial charge in [-0.25, -0.2) is 9.87 Å². The Morgan fingerprint density at radius 3 is 2.65 bits per heavy atom. The Morgan fingerprint density at radius 1 is 1.14 bits per heavy atom. The molecule has 1 aromatic heterocycles. The van der Waals surface area contributed by atoms with Gasteiger partial charge in [0.15, 0.2) is 0 Å². The number of aromatic nitrogens is 1. The van der Waals surface area contributed by atoms with Crippen molar-refractivity contribution in [3.05, 3.63) is 95.3 Å². The number of piperidine rings is 1. The number of rotatable bonds is 9. The zero-order chi connectivity index (χ0) is 34.3. The van der Waals surface area contributed by atoms with Crippen LogP contribution in [0.15, 0.2) is 67.4 Å². The van der Waals surface area contributed by atoms with Crippen LogP contribution in [0.2, 0.25) is 0 Å². The molecular formula is C39H47FN6O3. The number of halogens is 1. The number of nitrogens with zero attached hydrogens (tertiary/aromatic N) is 4. The highest BCUT2D eigenvalue weighted by molar-refractivity contribution is 5.97. The highest BCUT2D eigenvalue weighted by atomic mass is 19.1. The third-order valence-electron chi connectivity index (χ3n) is 11.2. The second-order valence-corrected chi connectivity index (χ2v) is 14.5. The second kappa shape index (κ2) is 13.7. The topological polar surface area (TPSA) is 107 Å². The van der Waals surface area contributed by atoms with E-state index >= 15 is 0 Å². The Kier molecular flexibility index (Phi) is 9.32. The van der Waals surface area contributed by atoms with Gasteiger partial charge in [0.2, 0.25) is 0 Å². The number of allylic oxidation sites excluding steroid dienone is 2. The third-order valence-corrected chi connectivity index (χ3v) is 11.2. The molecule has 7 rings (SSSR count). The Morgan fingerprint density at radius 2 is 1.92 bits per heavy atom. The monoisotopic (exact) mass is 666 g/mol. The number of hydrogen-bond donors (Lipinski definition) is 3. The molecule has 2 aromatic carbocycles. The van der Waals surface area contributed by atoms with E-state index in [1.165, 1.54) is 36.2 Å². The molecule has 1 atom stereocenters. The van der Waals surface area contributed by atoms with Gasteiger partial charge in [0, 0.05) is 75.2 Å². The highest BCUT2D eigenvalue weighted by Gasteiger charge is 2.50. The molecule has 2 aliphatic carbocycles. The molecule has 49 heavy (non-hydrogen) atoms. The van der Waals surface area contributed by atoms with Gasteiger partial charge in [-0.1, -0.05) is 44.7 Å². The Bertz CT molecular complexity index is 1760. The summed E-state index contributed by atoms with van der Waals surface area (Å²) < 4.78 is 20.6. The average molecular weight is 667 g/mol. The number of nitrogens with two attached hydrogens (primary N) is 1. The van der Waals surface area contributed by atoms with E-state index in [0.717, 1.165) is 57.8 Å². The van der Waals surface area contributed by atoms with Gasteiger partial charge in [-0.05, 0) is 78.0 Å². The standard InChI is InChI=1S/C39H47FN6O3/c1-25(2)30-6-4-5-7-31(30)35-24-44(15-12-41)16-17-46(35)28-21-39(22-28)10-13-45(14-11-39)27-8-9-32(38(47)43-48)36(19-27)49-29-20-33-34(40)18-26(3)37(33)42-23-29/h4-9,18-20,23,25,28,35,48H,3,10-17,21-22,24,41H2,1-2H3,(H,43,47)/t35-/m0/s1. The van der Waals surface area contributed by atoms with Crippen LogP contribution in [0.25, 0.3) is 11.4 Å². The summed E-state index contributed by atoms with van der Waals surface area (Å²) in [7, 11) is 0. The first-order valence-corrected chi connectivity index (χ1v) is 17.5. The molecule has 4 aliphatic rings. The van der Waals surface area contributed by atoms with Crippen LogP contribution in [-0.4, -0.2) is 77.8 Å². The summed E-state index contributed by atoms with van der Waals surface area (Å²) >= 11 is 0. The quantitative estimate of drug-likeness (QED) is 0.175. The number of nitrogens with one attached hydrogen (secondary N) is 1. The van der Waals surface area contributed by atoms with E-state index in [1.807, 2.05) is 12.1 Å². The number of benzene rings is 2. The van der Waals surface area contributed by atoms with Crippen molar-refractivity contribution < 1.29 is 19.1 Å². The van der Waals surface area contributed by atoms with Gasteiger partial charge >= 0.3 is 0 Å². The molecule has 1 spiro atoms. The molecule has 1 saturated carbocycles. The highest BCUT2D eigenvalue weighted by Crippen LogP contribution is 2.53. The van der Waals surface area contributed by atoms with Crippen molar-refractivity contribution in [1.29, 1.82) is 0 Å². The van der Waals surface area contributed by atoms with Crippen LogP contribution < -0.4 is 20.9 Å². The fraction of sp³-hybridized carbons (Fsp3) is 0.436. The van der Waals surface area contributed by atoms with Crippen molar-refractivity contribution in [3.8, 4) is 11.5 Å². The van der Waals surface area contributed by atoms with Crippen molar-refractivity contribution in [1.82, 2.24) is 20.3 Å². The van der Waals surface area contributed by atoms with E-state index in [4.69, 9.17) is 10.5 Å². The average Bonchev–Trinajstić information content (AvgIpc) is 3.38. The normalized spacial score (nSPS) is 21.1. The summed E-state index contributed by atoms with van der Waals surface area (Å²) in [6.45, 7) is 15.0. The van der Waals surface area contributed by atoms with Gasteiger partial charge < -0.3 is 15.4 Å². The number of ether oxygens (including phenoxy) is 1. The van der Waals surface area contributed by atoms with Gasteiger partial charge in [0.1, 0.15) is 17.3 Å². The summed E-state index contributed by atoms with van der Waals surface area (Å²) in [6.07, 6.45) is 7.46. The van der Waals surface area contributed by atoms with Crippen LogP contribution in [0.4, 0.5) is 10.1 Å². The van der Waals surface area contributed by atoms with E-state index in [1.54, 1.807) is 17.6 Å². The number of fused-ring (bicyclic) bond motifs is 1. The van der Waals surface area contributed by atoms with E-state index in [2.05, 4.69) is 64.4 Å². The lowest BCUT2D eigenvalue weighted by Gasteiger charge is -2.58. The molecule has 3 heterocycles. The van der Waals surface area contributed by atoms with Gasteiger partial charge in [0.25, 0.3) is 5.91 Å². The molecule has 3 aromatic rings. The minimum absolute atomic E-state index is 0.169. The molecule has 9 nitrogen and oxygen atoms in total. The summed E-state index contributed by atoms with van der Waals surface area (Å²) in [6, 6.07) is 16.9. The SMILES string of the molecule is C=C1C=C(F)c2cc(Oc3cc(N4CCC5(CC4)CC(N4CCN(CCN)C[C@H]4c4ccccc4C(C)C)C5)ccc3C(=O)NO)cnc21. The molecular weight excluding hydrogens is 619 g/mol. The minimum atomic E-state index is -0.689. The van der Waals surface area contributed by atoms with Crippen molar-refractivity contribution in [3.63, 3.8) is 0 Å². The number of carbonyl (C=O) groups excluding carboxylic acids is 1. The molecule has 2 aliphatic heterocycles. The van der Waals surface area contributed by atoms with E-state index in [-0.39, 0.29) is 17.1 Å². The van der Waals surface area contributed by atoms with Crippen LogP contribution in [0.1, 0.15) is 84.2 Å². The first-order valence-electron chi connectivity index (χ1n) is 17.5. The molecule has 1 amide bonds. The Labute approximate surface area is 288 Å². The van der Waals surface area contributed by atoms with Crippen LogP contribution in [0.5, 0.6) is 11.5 Å². The second-order valence-electron chi connectivity index (χ2n) is 14.5. The minimum Gasteiger partial charge on any atom is -0.455 e. The maximum absolute atomic E-state index is 14.5. The van der Waals surface area contributed by atoms with E-state index < -0.39 is 11.7 Å². The van der Waals surface area contributed by atoms with Crippen LogP contribution in [0.3, 0.4) is 0 Å².